The van der Waals surface area contributed by atoms with Gasteiger partial charge in [-0.15, -0.1) is 0 Å². The van der Waals surface area contributed by atoms with Crippen molar-refractivity contribution < 1.29 is 0 Å². The quantitative estimate of drug-likeness (QED) is 0.786. The molecule has 1 atom stereocenters. The van der Waals surface area contributed by atoms with Crippen molar-refractivity contribution in [1.29, 1.82) is 0 Å². The van der Waals surface area contributed by atoms with Gasteiger partial charge in [-0.05, 0) is 25.1 Å². The summed E-state index contributed by atoms with van der Waals surface area (Å²) in [6, 6.07) is 7.84. The summed E-state index contributed by atoms with van der Waals surface area (Å²) in [7, 11) is 0. The Bertz CT molecular complexity index is 421. The van der Waals surface area contributed by atoms with E-state index in [1.165, 1.54) is 0 Å². The lowest BCUT2D eigenvalue weighted by atomic mass is 10.0. The van der Waals surface area contributed by atoms with Gasteiger partial charge in [0.25, 0.3) is 0 Å². The van der Waals surface area contributed by atoms with Crippen LogP contribution in [0.3, 0.4) is 0 Å². The van der Waals surface area contributed by atoms with Crippen LogP contribution in [0.2, 0.25) is 0 Å². The molecule has 3 N–H and O–H groups in total. The first-order chi connectivity index (χ1) is 7.31. The van der Waals surface area contributed by atoms with Crippen LogP contribution in [0.4, 0.5) is 0 Å². The van der Waals surface area contributed by atoms with E-state index in [0.29, 0.717) is 6.54 Å². The van der Waals surface area contributed by atoms with Crippen LogP contribution in [0.5, 0.6) is 0 Å². The highest BCUT2D eigenvalue weighted by atomic mass is 15.1. The van der Waals surface area contributed by atoms with E-state index in [2.05, 4.69) is 15.2 Å². The van der Waals surface area contributed by atoms with E-state index in [9.17, 15) is 0 Å². The van der Waals surface area contributed by atoms with Crippen LogP contribution in [0.25, 0.3) is 0 Å². The van der Waals surface area contributed by atoms with E-state index in [0.717, 1.165) is 17.1 Å². The van der Waals surface area contributed by atoms with E-state index >= 15 is 0 Å². The Hall–Kier alpha value is -1.68. The summed E-state index contributed by atoms with van der Waals surface area (Å²) in [5, 5.41) is 7.14. The SMILES string of the molecule is Cc1cc(C(CN)c2ccccn2)n[nH]1. The Balaban J connectivity index is 2.33. The summed E-state index contributed by atoms with van der Waals surface area (Å²) < 4.78 is 0. The first kappa shape index (κ1) is 9.86. The predicted molar refractivity (Wildman–Crippen MR) is 58.5 cm³/mol. The zero-order chi connectivity index (χ0) is 10.7. The van der Waals surface area contributed by atoms with Crippen molar-refractivity contribution in [1.82, 2.24) is 15.2 Å². The second-order valence-corrected chi connectivity index (χ2v) is 3.52. The van der Waals surface area contributed by atoms with Gasteiger partial charge in [-0.2, -0.15) is 5.10 Å². The van der Waals surface area contributed by atoms with Crippen molar-refractivity contribution in [2.45, 2.75) is 12.8 Å². The molecule has 2 heterocycles. The highest BCUT2D eigenvalue weighted by Crippen LogP contribution is 2.19. The second-order valence-electron chi connectivity index (χ2n) is 3.52. The number of aromatic amines is 1. The Morgan fingerprint density at radius 2 is 2.27 bits per heavy atom. The molecule has 0 saturated carbocycles. The first-order valence-corrected chi connectivity index (χ1v) is 4.94. The second kappa shape index (κ2) is 4.23. The molecule has 0 aromatic carbocycles. The largest absolute Gasteiger partial charge is 0.329 e. The molecule has 2 rings (SSSR count). The molecule has 0 aliphatic carbocycles. The van der Waals surface area contributed by atoms with Gasteiger partial charge in [0, 0.05) is 18.4 Å². The van der Waals surface area contributed by atoms with Crippen LogP contribution in [0, 0.1) is 6.92 Å². The summed E-state index contributed by atoms with van der Waals surface area (Å²) in [5.41, 5.74) is 8.71. The minimum Gasteiger partial charge on any atom is -0.329 e. The van der Waals surface area contributed by atoms with Crippen molar-refractivity contribution in [3.63, 3.8) is 0 Å². The molecule has 4 heteroatoms. The standard InChI is InChI=1S/C11H14N4/c1-8-6-11(15-14-8)9(7-12)10-4-2-3-5-13-10/h2-6,9H,7,12H2,1H3,(H,14,15). The third-order valence-electron chi connectivity index (χ3n) is 2.36. The summed E-state index contributed by atoms with van der Waals surface area (Å²) in [5.74, 6) is 0.0798. The van der Waals surface area contributed by atoms with Gasteiger partial charge in [0.05, 0.1) is 17.3 Å². The number of pyridine rings is 1. The van der Waals surface area contributed by atoms with Crippen LogP contribution >= 0.6 is 0 Å². The lowest BCUT2D eigenvalue weighted by Crippen LogP contribution is -2.15. The van der Waals surface area contributed by atoms with Crippen LogP contribution in [-0.4, -0.2) is 21.7 Å². The third kappa shape index (κ3) is 2.05. The van der Waals surface area contributed by atoms with Gasteiger partial charge in [-0.25, -0.2) is 0 Å². The molecule has 0 fully saturated rings. The zero-order valence-corrected chi connectivity index (χ0v) is 8.64. The molecule has 0 saturated heterocycles. The van der Waals surface area contributed by atoms with E-state index < -0.39 is 0 Å². The number of nitrogens with two attached hydrogens (primary N) is 1. The maximum absolute atomic E-state index is 5.75. The van der Waals surface area contributed by atoms with Crippen molar-refractivity contribution in [3.05, 3.63) is 47.5 Å². The fraction of sp³-hybridized carbons (Fsp3) is 0.273. The van der Waals surface area contributed by atoms with E-state index in [1.54, 1.807) is 6.20 Å². The van der Waals surface area contributed by atoms with Gasteiger partial charge in [0.2, 0.25) is 0 Å². The highest BCUT2D eigenvalue weighted by Gasteiger charge is 2.15. The number of hydrogen-bond acceptors (Lipinski definition) is 3. The van der Waals surface area contributed by atoms with Crippen molar-refractivity contribution in [2.24, 2.45) is 5.73 Å². The Morgan fingerprint density at radius 1 is 1.40 bits per heavy atom. The van der Waals surface area contributed by atoms with Crippen LogP contribution in [0.1, 0.15) is 23.0 Å². The molecule has 2 aromatic heterocycles. The average Bonchev–Trinajstić information content (AvgIpc) is 2.68. The van der Waals surface area contributed by atoms with Gasteiger partial charge in [0.1, 0.15) is 0 Å². The Labute approximate surface area is 88.5 Å². The fourth-order valence-corrected chi connectivity index (χ4v) is 1.59. The van der Waals surface area contributed by atoms with E-state index in [4.69, 9.17) is 5.73 Å². The number of nitrogens with one attached hydrogen (secondary N) is 1. The normalized spacial score (nSPS) is 12.7. The number of rotatable bonds is 3. The third-order valence-corrected chi connectivity index (χ3v) is 2.36. The zero-order valence-electron chi connectivity index (χ0n) is 8.64. The van der Waals surface area contributed by atoms with Crippen LogP contribution < -0.4 is 5.73 Å². The Morgan fingerprint density at radius 3 is 2.80 bits per heavy atom. The molecule has 0 spiro atoms. The maximum Gasteiger partial charge on any atom is 0.0728 e. The molecular weight excluding hydrogens is 188 g/mol. The minimum atomic E-state index is 0.0798. The molecular formula is C11H14N4. The summed E-state index contributed by atoms with van der Waals surface area (Å²) in [6.45, 7) is 2.49. The van der Waals surface area contributed by atoms with Crippen molar-refractivity contribution in [3.8, 4) is 0 Å². The number of nitrogens with zero attached hydrogens (tertiary/aromatic N) is 2. The molecule has 0 bridgehead atoms. The highest BCUT2D eigenvalue weighted by molar-refractivity contribution is 5.24. The average molecular weight is 202 g/mol. The van der Waals surface area contributed by atoms with Crippen molar-refractivity contribution >= 4 is 0 Å². The van der Waals surface area contributed by atoms with Gasteiger partial charge in [-0.1, -0.05) is 6.07 Å². The number of hydrogen-bond donors (Lipinski definition) is 2. The molecule has 0 aliphatic heterocycles. The summed E-state index contributed by atoms with van der Waals surface area (Å²) >= 11 is 0. The molecule has 1 unspecified atom stereocenters. The van der Waals surface area contributed by atoms with Gasteiger partial charge in [0.15, 0.2) is 0 Å². The number of H-pyrrole nitrogens is 1. The van der Waals surface area contributed by atoms with Crippen LogP contribution in [-0.2, 0) is 0 Å². The summed E-state index contributed by atoms with van der Waals surface area (Å²) in [4.78, 5) is 4.30. The van der Waals surface area contributed by atoms with Crippen molar-refractivity contribution in [2.75, 3.05) is 6.54 Å². The van der Waals surface area contributed by atoms with E-state index in [-0.39, 0.29) is 5.92 Å². The minimum absolute atomic E-state index is 0.0798. The number of aromatic nitrogens is 3. The molecule has 4 nitrogen and oxygen atoms in total. The topological polar surface area (TPSA) is 67.6 Å². The van der Waals surface area contributed by atoms with Crippen LogP contribution in [0.15, 0.2) is 30.5 Å². The molecule has 0 amide bonds. The number of aryl methyl sites for hydroxylation is 1. The molecule has 0 aliphatic rings. The van der Waals surface area contributed by atoms with E-state index in [1.807, 2.05) is 31.2 Å². The smallest absolute Gasteiger partial charge is 0.0728 e. The molecule has 15 heavy (non-hydrogen) atoms. The fourth-order valence-electron chi connectivity index (χ4n) is 1.59. The van der Waals surface area contributed by atoms with Gasteiger partial charge >= 0.3 is 0 Å². The lowest BCUT2D eigenvalue weighted by Gasteiger charge is -2.10. The predicted octanol–water partition coefficient (Wildman–Crippen LogP) is 1.20. The Kier molecular flexibility index (Phi) is 2.78. The molecule has 2 aromatic rings. The monoisotopic (exact) mass is 202 g/mol. The molecule has 78 valence electrons. The van der Waals surface area contributed by atoms with Gasteiger partial charge < -0.3 is 5.73 Å². The van der Waals surface area contributed by atoms with Gasteiger partial charge in [-0.3, -0.25) is 10.1 Å². The summed E-state index contributed by atoms with van der Waals surface area (Å²) in [6.07, 6.45) is 1.78. The maximum atomic E-state index is 5.75. The first-order valence-electron chi connectivity index (χ1n) is 4.94. The molecule has 0 radical (unpaired) electrons. The lowest BCUT2D eigenvalue weighted by molar-refractivity contribution is 0.753.